The fourth-order valence-corrected chi connectivity index (χ4v) is 8.01. The van der Waals surface area contributed by atoms with Gasteiger partial charge in [-0.25, -0.2) is 0 Å². The highest BCUT2D eigenvalue weighted by atomic mass is 32.3. The molecule has 1 aromatic rings. The Hall–Kier alpha value is -0.960. The van der Waals surface area contributed by atoms with Crippen LogP contribution < -0.4 is 0 Å². The molecule has 0 radical (unpaired) electrons. The number of hydrogen-bond donors (Lipinski definition) is 0. The molecule has 0 bridgehead atoms. The highest BCUT2D eigenvalue weighted by Crippen LogP contribution is 2.45. The molecule has 2 nitrogen and oxygen atoms in total. The quantitative estimate of drug-likeness (QED) is 0.837. The monoisotopic (exact) mass is 265 g/mol. The topological polar surface area (TPSA) is 30.0 Å². The predicted octanol–water partition coefficient (Wildman–Crippen LogP) is 3.53. The SMILES string of the molecule is CC1=CS(=O)(CC(C)C)(c2ccnc(C)c2)CC1. The molecule has 0 saturated carbocycles. The van der Waals surface area contributed by atoms with Crippen molar-refractivity contribution in [3.8, 4) is 0 Å². The van der Waals surface area contributed by atoms with Crippen LogP contribution in [0.25, 0.3) is 0 Å². The fraction of sp³-hybridized carbons (Fsp3) is 0.533. The minimum atomic E-state index is -2.82. The van der Waals surface area contributed by atoms with Crippen molar-refractivity contribution < 1.29 is 4.21 Å². The summed E-state index contributed by atoms with van der Waals surface area (Å²) in [6.45, 7) is 8.35. The second-order valence-corrected chi connectivity index (χ2v) is 10.1. The number of rotatable bonds is 3. The van der Waals surface area contributed by atoms with Crippen LogP contribution in [0.5, 0.6) is 0 Å². The van der Waals surface area contributed by atoms with Crippen molar-refractivity contribution in [1.82, 2.24) is 4.98 Å². The zero-order valence-electron chi connectivity index (χ0n) is 11.8. The molecule has 0 saturated heterocycles. The molecule has 1 aliphatic rings. The van der Waals surface area contributed by atoms with Crippen LogP contribution in [0.4, 0.5) is 0 Å². The van der Waals surface area contributed by atoms with E-state index >= 15 is 0 Å². The summed E-state index contributed by atoms with van der Waals surface area (Å²) in [6.07, 6.45) is 2.74. The first kappa shape index (κ1) is 13.5. The summed E-state index contributed by atoms with van der Waals surface area (Å²) in [7, 11) is -2.82. The highest BCUT2D eigenvalue weighted by Gasteiger charge is 2.40. The van der Waals surface area contributed by atoms with Gasteiger partial charge in [-0.2, -0.15) is 0 Å². The van der Waals surface area contributed by atoms with Gasteiger partial charge in [0.05, 0.1) is 0 Å². The number of aromatic nitrogens is 1. The molecule has 0 aliphatic carbocycles. The van der Waals surface area contributed by atoms with Gasteiger partial charge in [0, 0.05) is 28.3 Å². The normalized spacial score (nSPS) is 23.4. The van der Waals surface area contributed by atoms with E-state index in [2.05, 4.69) is 31.2 Å². The standard InChI is InChI=1S/C15H23NOS/c1-12(2)10-18(17,8-6-13(3)11-18)15-5-7-16-14(4)9-15/h5,7,9,11-12H,6,8,10H2,1-4H3. The first-order valence-corrected chi connectivity index (χ1v) is 8.94. The maximum Gasteiger partial charge on any atom is 0.0384 e. The Morgan fingerprint density at radius 2 is 2.11 bits per heavy atom. The lowest BCUT2D eigenvalue weighted by Gasteiger charge is -2.38. The third kappa shape index (κ3) is 2.28. The predicted molar refractivity (Wildman–Crippen MR) is 78.3 cm³/mol. The molecule has 0 spiro atoms. The summed E-state index contributed by atoms with van der Waals surface area (Å²) in [5, 5.41) is 2.08. The average molecular weight is 265 g/mol. The van der Waals surface area contributed by atoms with Gasteiger partial charge in [-0.3, -0.25) is 9.19 Å². The van der Waals surface area contributed by atoms with Gasteiger partial charge in [-0.15, -0.1) is 0 Å². The van der Waals surface area contributed by atoms with Crippen molar-refractivity contribution in [2.24, 2.45) is 5.92 Å². The van der Waals surface area contributed by atoms with Crippen LogP contribution in [-0.4, -0.2) is 20.7 Å². The number of nitrogens with zero attached hydrogens (tertiary/aromatic N) is 1. The van der Waals surface area contributed by atoms with Gasteiger partial charge in [0.25, 0.3) is 0 Å². The van der Waals surface area contributed by atoms with Crippen LogP contribution >= 0.6 is 0 Å². The van der Waals surface area contributed by atoms with Gasteiger partial charge in [0.1, 0.15) is 0 Å². The van der Waals surface area contributed by atoms with Gasteiger partial charge in [0.2, 0.25) is 0 Å². The van der Waals surface area contributed by atoms with E-state index in [-0.39, 0.29) is 0 Å². The second-order valence-electron chi connectivity index (χ2n) is 5.97. The lowest BCUT2D eigenvalue weighted by atomic mass is 10.3. The maximum absolute atomic E-state index is 13.9. The van der Waals surface area contributed by atoms with Crippen molar-refractivity contribution in [3.63, 3.8) is 0 Å². The molecule has 3 heteroatoms. The Bertz CT molecular complexity index is 559. The van der Waals surface area contributed by atoms with Crippen LogP contribution in [0.15, 0.2) is 34.2 Å². The zero-order chi connectivity index (χ0) is 13.4. The van der Waals surface area contributed by atoms with E-state index in [1.165, 1.54) is 5.57 Å². The smallest absolute Gasteiger partial charge is 0.0384 e. The number of allylic oxidation sites excluding steroid dienone is 1. The van der Waals surface area contributed by atoms with Crippen LogP contribution in [0.2, 0.25) is 0 Å². The third-order valence-electron chi connectivity index (χ3n) is 3.55. The first-order chi connectivity index (χ1) is 8.32. The van der Waals surface area contributed by atoms with Gasteiger partial charge in [-0.05, 0) is 43.7 Å². The maximum atomic E-state index is 13.9. The summed E-state index contributed by atoms with van der Waals surface area (Å²) >= 11 is 0. The van der Waals surface area contributed by atoms with Crippen molar-refractivity contribution in [1.29, 1.82) is 0 Å². The minimum absolute atomic E-state index is 0.431. The van der Waals surface area contributed by atoms with Crippen molar-refractivity contribution >= 4 is 9.07 Å². The van der Waals surface area contributed by atoms with Crippen molar-refractivity contribution in [3.05, 3.63) is 35.0 Å². The molecule has 18 heavy (non-hydrogen) atoms. The van der Waals surface area contributed by atoms with E-state index in [4.69, 9.17) is 0 Å². The second kappa shape index (κ2) is 4.30. The Labute approximate surface area is 110 Å². The molecule has 100 valence electrons. The Kier molecular flexibility index (Phi) is 3.22. The summed E-state index contributed by atoms with van der Waals surface area (Å²) in [5.74, 6) is 1.97. The lowest BCUT2D eigenvalue weighted by molar-refractivity contribution is 0.642. The number of pyridine rings is 1. The van der Waals surface area contributed by atoms with Crippen LogP contribution in [0, 0.1) is 12.8 Å². The molecule has 1 aliphatic heterocycles. The van der Waals surface area contributed by atoms with E-state index in [1.807, 2.05) is 19.1 Å². The van der Waals surface area contributed by atoms with E-state index in [0.717, 1.165) is 28.5 Å². The Morgan fingerprint density at radius 3 is 2.61 bits per heavy atom. The molecule has 2 heterocycles. The summed E-state index contributed by atoms with van der Waals surface area (Å²) in [5.41, 5.74) is 2.21. The van der Waals surface area contributed by atoms with E-state index in [1.54, 1.807) is 6.20 Å². The molecule has 0 unspecified atom stereocenters. The van der Waals surface area contributed by atoms with Gasteiger partial charge >= 0.3 is 0 Å². The summed E-state index contributed by atoms with van der Waals surface area (Å²) < 4.78 is 13.9. The fourth-order valence-electron chi connectivity index (χ4n) is 2.94. The van der Waals surface area contributed by atoms with E-state index < -0.39 is 9.07 Å². The molecule has 0 aromatic carbocycles. The minimum Gasteiger partial charge on any atom is -0.274 e. The van der Waals surface area contributed by atoms with Crippen LogP contribution in [-0.2, 0) is 9.07 Å². The summed E-state index contributed by atoms with van der Waals surface area (Å²) in [4.78, 5) is 5.22. The molecular formula is C15H23NOS. The number of hydrogen-bond acceptors (Lipinski definition) is 2. The zero-order valence-corrected chi connectivity index (χ0v) is 12.6. The largest absolute Gasteiger partial charge is 0.274 e. The molecule has 0 amide bonds. The lowest BCUT2D eigenvalue weighted by Crippen LogP contribution is -2.37. The van der Waals surface area contributed by atoms with Gasteiger partial charge < -0.3 is 0 Å². The molecule has 2 rings (SSSR count). The molecule has 0 fully saturated rings. The third-order valence-corrected chi connectivity index (χ3v) is 8.38. The van der Waals surface area contributed by atoms with Crippen LogP contribution in [0.3, 0.4) is 0 Å². The molecule has 1 aromatic heterocycles. The molecule has 0 atom stereocenters. The molecule has 0 N–H and O–H groups in total. The number of aryl methyl sites for hydroxylation is 1. The highest BCUT2D eigenvalue weighted by molar-refractivity contribution is 8.22. The van der Waals surface area contributed by atoms with E-state index in [9.17, 15) is 4.21 Å². The molecular weight excluding hydrogens is 242 g/mol. The first-order valence-electron chi connectivity index (χ1n) is 6.57. The van der Waals surface area contributed by atoms with Crippen molar-refractivity contribution in [2.45, 2.75) is 39.0 Å². The van der Waals surface area contributed by atoms with Gasteiger partial charge in [0.15, 0.2) is 0 Å². The van der Waals surface area contributed by atoms with E-state index in [0.29, 0.717) is 5.92 Å². The average Bonchev–Trinajstić information content (AvgIpc) is 2.56. The van der Waals surface area contributed by atoms with Crippen LogP contribution in [0.1, 0.15) is 32.9 Å². The van der Waals surface area contributed by atoms with Gasteiger partial charge in [-0.1, -0.05) is 28.5 Å². The van der Waals surface area contributed by atoms with Crippen molar-refractivity contribution in [2.75, 3.05) is 11.5 Å². The Balaban J connectivity index is 2.61. The Morgan fingerprint density at radius 1 is 1.39 bits per heavy atom. The summed E-state index contributed by atoms with van der Waals surface area (Å²) in [6, 6.07) is 3.95.